The highest BCUT2D eigenvalue weighted by atomic mass is 16.5. The number of carbonyl (C=O) groups is 1. The summed E-state index contributed by atoms with van der Waals surface area (Å²) in [6.45, 7) is 2.36. The smallest absolute Gasteiger partial charge is 0.328 e. The second-order valence-electron chi connectivity index (χ2n) is 2.99. The molecule has 5 nitrogen and oxygen atoms in total. The van der Waals surface area contributed by atoms with Crippen LogP contribution in [0, 0.1) is 11.3 Å². The molecule has 1 rings (SSSR count). The largest absolute Gasteiger partial charge is 0.478 e. The van der Waals surface area contributed by atoms with E-state index in [4.69, 9.17) is 15.1 Å². The van der Waals surface area contributed by atoms with E-state index in [2.05, 4.69) is 0 Å². The van der Waals surface area contributed by atoms with Crippen LogP contribution in [0.2, 0.25) is 0 Å². The molecule has 0 amide bonds. The van der Waals surface area contributed by atoms with Crippen LogP contribution in [-0.2, 0) is 9.53 Å². The monoisotopic (exact) mass is 196 g/mol. The summed E-state index contributed by atoms with van der Waals surface area (Å²) in [6, 6.07) is 2.03. The first-order valence-electron chi connectivity index (χ1n) is 4.35. The van der Waals surface area contributed by atoms with Gasteiger partial charge in [-0.3, -0.25) is 4.90 Å². The molecule has 1 heterocycles. The Morgan fingerprint density at radius 1 is 1.79 bits per heavy atom. The molecule has 1 aliphatic rings. The number of carboxylic acid groups (broad SMARTS) is 1. The summed E-state index contributed by atoms with van der Waals surface area (Å²) in [6.07, 6.45) is 2.29. The molecular formula is C9H12N2O3. The first-order valence-corrected chi connectivity index (χ1v) is 4.35. The molecule has 0 aliphatic carbocycles. The highest BCUT2D eigenvalue weighted by Gasteiger charge is 2.18. The first kappa shape index (κ1) is 10.7. The van der Waals surface area contributed by atoms with Gasteiger partial charge in [-0.2, -0.15) is 5.26 Å². The van der Waals surface area contributed by atoms with E-state index in [1.54, 1.807) is 6.08 Å². The van der Waals surface area contributed by atoms with E-state index in [-0.39, 0.29) is 6.10 Å². The van der Waals surface area contributed by atoms with Crippen molar-refractivity contribution in [3.63, 3.8) is 0 Å². The summed E-state index contributed by atoms with van der Waals surface area (Å²) in [7, 11) is 0. The van der Waals surface area contributed by atoms with Gasteiger partial charge in [0.2, 0.25) is 0 Å². The quantitative estimate of drug-likeness (QED) is 0.635. The molecular weight excluding hydrogens is 184 g/mol. The third-order valence-corrected chi connectivity index (χ3v) is 1.92. The van der Waals surface area contributed by atoms with Crippen LogP contribution in [0.4, 0.5) is 0 Å². The van der Waals surface area contributed by atoms with Gasteiger partial charge in [0.25, 0.3) is 0 Å². The molecule has 0 aromatic rings. The van der Waals surface area contributed by atoms with Crippen molar-refractivity contribution in [2.45, 2.75) is 6.10 Å². The number of rotatable bonds is 3. The summed E-state index contributed by atoms with van der Waals surface area (Å²) in [5.41, 5.74) is 0. The second-order valence-corrected chi connectivity index (χ2v) is 2.99. The summed E-state index contributed by atoms with van der Waals surface area (Å²) in [5, 5.41) is 17.0. The number of carboxylic acids is 1. The van der Waals surface area contributed by atoms with Gasteiger partial charge in [-0.05, 0) is 0 Å². The Kier molecular flexibility index (Phi) is 4.11. The SMILES string of the molecule is N#CC1CN(CC=CC(=O)O)CCO1. The number of aliphatic carboxylic acids is 1. The minimum Gasteiger partial charge on any atom is -0.478 e. The Balaban J connectivity index is 2.31. The van der Waals surface area contributed by atoms with Crippen LogP contribution in [0.15, 0.2) is 12.2 Å². The minimum absolute atomic E-state index is 0.387. The number of hydrogen-bond acceptors (Lipinski definition) is 4. The van der Waals surface area contributed by atoms with Crippen molar-refractivity contribution in [2.24, 2.45) is 0 Å². The second kappa shape index (κ2) is 5.37. The van der Waals surface area contributed by atoms with Crippen LogP contribution >= 0.6 is 0 Å². The van der Waals surface area contributed by atoms with Crippen LogP contribution < -0.4 is 0 Å². The number of morpholine rings is 1. The molecule has 0 saturated carbocycles. The van der Waals surface area contributed by atoms with Gasteiger partial charge in [-0.15, -0.1) is 0 Å². The highest BCUT2D eigenvalue weighted by molar-refractivity contribution is 5.79. The average molecular weight is 196 g/mol. The van der Waals surface area contributed by atoms with Crippen LogP contribution in [0.5, 0.6) is 0 Å². The maximum atomic E-state index is 10.2. The molecule has 1 N–H and O–H groups in total. The fourth-order valence-corrected chi connectivity index (χ4v) is 1.25. The highest BCUT2D eigenvalue weighted by Crippen LogP contribution is 2.03. The minimum atomic E-state index is -0.949. The zero-order valence-corrected chi connectivity index (χ0v) is 7.72. The molecule has 5 heteroatoms. The number of ether oxygens (including phenoxy) is 1. The van der Waals surface area contributed by atoms with E-state index in [1.807, 2.05) is 11.0 Å². The molecule has 1 saturated heterocycles. The third kappa shape index (κ3) is 3.56. The topological polar surface area (TPSA) is 73.6 Å². The average Bonchev–Trinajstić information content (AvgIpc) is 2.18. The van der Waals surface area contributed by atoms with Gasteiger partial charge in [0, 0.05) is 25.7 Å². The van der Waals surface area contributed by atoms with Crippen molar-refractivity contribution in [3.8, 4) is 6.07 Å². The summed E-state index contributed by atoms with van der Waals surface area (Å²) >= 11 is 0. The van der Waals surface area contributed by atoms with Gasteiger partial charge < -0.3 is 9.84 Å². The van der Waals surface area contributed by atoms with E-state index in [1.165, 1.54) is 0 Å². The predicted octanol–water partition coefficient (Wildman–Crippen LogP) is -0.148. The van der Waals surface area contributed by atoms with Gasteiger partial charge in [0.05, 0.1) is 12.7 Å². The van der Waals surface area contributed by atoms with Crippen molar-refractivity contribution >= 4 is 5.97 Å². The number of hydrogen-bond donors (Lipinski definition) is 1. The van der Waals surface area contributed by atoms with Crippen molar-refractivity contribution in [3.05, 3.63) is 12.2 Å². The van der Waals surface area contributed by atoms with Gasteiger partial charge in [-0.1, -0.05) is 6.08 Å². The fraction of sp³-hybridized carbons (Fsp3) is 0.556. The van der Waals surface area contributed by atoms with E-state index >= 15 is 0 Å². The maximum Gasteiger partial charge on any atom is 0.328 e. The Hall–Kier alpha value is -1.38. The molecule has 76 valence electrons. The first-order chi connectivity index (χ1) is 6.72. The molecule has 1 unspecified atom stereocenters. The fourth-order valence-electron chi connectivity index (χ4n) is 1.25. The lowest BCUT2D eigenvalue weighted by Crippen LogP contribution is -2.41. The zero-order valence-electron chi connectivity index (χ0n) is 7.72. The van der Waals surface area contributed by atoms with E-state index in [0.29, 0.717) is 19.7 Å². The molecule has 0 radical (unpaired) electrons. The zero-order chi connectivity index (χ0) is 10.4. The molecule has 1 aliphatic heterocycles. The molecule has 0 bridgehead atoms. The Bertz CT molecular complexity index is 270. The Morgan fingerprint density at radius 3 is 3.21 bits per heavy atom. The van der Waals surface area contributed by atoms with Gasteiger partial charge in [-0.25, -0.2) is 4.79 Å². The van der Waals surface area contributed by atoms with E-state index < -0.39 is 5.97 Å². The molecule has 0 spiro atoms. The van der Waals surface area contributed by atoms with Crippen molar-refractivity contribution < 1.29 is 14.6 Å². The Morgan fingerprint density at radius 2 is 2.57 bits per heavy atom. The lowest BCUT2D eigenvalue weighted by Gasteiger charge is -2.28. The number of nitrogens with zero attached hydrogens (tertiary/aromatic N) is 2. The molecule has 1 fully saturated rings. The van der Waals surface area contributed by atoms with Crippen LogP contribution in [0.1, 0.15) is 0 Å². The molecule has 14 heavy (non-hydrogen) atoms. The summed E-state index contributed by atoms with van der Waals surface area (Å²) in [4.78, 5) is 12.2. The number of nitriles is 1. The summed E-state index contributed by atoms with van der Waals surface area (Å²) < 4.78 is 5.14. The molecule has 0 aromatic heterocycles. The molecule has 0 aromatic carbocycles. The van der Waals surface area contributed by atoms with E-state index in [9.17, 15) is 4.79 Å². The van der Waals surface area contributed by atoms with Gasteiger partial charge in [0.15, 0.2) is 6.10 Å². The maximum absolute atomic E-state index is 10.2. The van der Waals surface area contributed by atoms with Crippen LogP contribution in [0.3, 0.4) is 0 Å². The standard InChI is InChI=1S/C9H12N2O3/c10-6-8-7-11(4-5-14-8)3-1-2-9(12)13/h1-2,8H,3-5,7H2,(H,12,13). The van der Waals surface area contributed by atoms with Gasteiger partial charge >= 0.3 is 5.97 Å². The van der Waals surface area contributed by atoms with E-state index in [0.717, 1.165) is 12.6 Å². The third-order valence-electron chi connectivity index (χ3n) is 1.92. The lowest BCUT2D eigenvalue weighted by atomic mass is 10.3. The Labute approximate surface area is 82.2 Å². The lowest BCUT2D eigenvalue weighted by molar-refractivity contribution is -0.131. The normalized spacial score (nSPS) is 23.5. The predicted molar refractivity (Wildman–Crippen MR) is 48.6 cm³/mol. The molecule has 1 atom stereocenters. The van der Waals surface area contributed by atoms with Crippen molar-refractivity contribution in [2.75, 3.05) is 26.2 Å². The van der Waals surface area contributed by atoms with Crippen molar-refractivity contribution in [1.29, 1.82) is 5.26 Å². The van der Waals surface area contributed by atoms with Crippen LogP contribution in [0.25, 0.3) is 0 Å². The van der Waals surface area contributed by atoms with Gasteiger partial charge in [0.1, 0.15) is 0 Å². The van der Waals surface area contributed by atoms with Crippen molar-refractivity contribution in [1.82, 2.24) is 4.90 Å². The van der Waals surface area contributed by atoms with Crippen LogP contribution in [-0.4, -0.2) is 48.3 Å². The summed E-state index contributed by atoms with van der Waals surface area (Å²) in [5.74, 6) is -0.949.